The number of H-pyrrole nitrogens is 1. The first-order valence-electron chi connectivity index (χ1n) is 4.47. The number of imidazole rings is 1. The largest absolute Gasteiger partial charge is 0.342 e. The van der Waals surface area contributed by atoms with Gasteiger partial charge in [0.15, 0.2) is 5.65 Å². The standard InChI is InChI=1S/C5H4N4.C4H10/c1-4-5(8-2-6-1)9-3-7-4;1-3-4-2/h1-3H,(H,6,7,8,9);3-4H2,1-2H3. The first kappa shape index (κ1) is 9.64. The van der Waals surface area contributed by atoms with E-state index in [4.69, 9.17) is 0 Å². The van der Waals surface area contributed by atoms with E-state index in [1.165, 1.54) is 19.2 Å². The molecule has 0 amide bonds. The Hall–Kier alpha value is -1.45. The van der Waals surface area contributed by atoms with E-state index < -0.39 is 0 Å². The summed E-state index contributed by atoms with van der Waals surface area (Å²) in [4.78, 5) is 14.5. The molecule has 0 aliphatic rings. The van der Waals surface area contributed by atoms with Crippen molar-refractivity contribution < 1.29 is 0 Å². The highest BCUT2D eigenvalue weighted by atomic mass is 15.0. The van der Waals surface area contributed by atoms with Crippen molar-refractivity contribution in [3.8, 4) is 0 Å². The number of hydrogen-bond donors (Lipinski definition) is 1. The van der Waals surface area contributed by atoms with Gasteiger partial charge < -0.3 is 4.98 Å². The molecule has 0 bridgehead atoms. The Morgan fingerprint density at radius 1 is 1.23 bits per heavy atom. The van der Waals surface area contributed by atoms with E-state index in [0.717, 1.165) is 5.52 Å². The zero-order valence-corrected chi connectivity index (χ0v) is 7.99. The normalized spacial score (nSPS) is 9.38. The molecule has 2 aromatic heterocycles. The van der Waals surface area contributed by atoms with E-state index in [2.05, 4.69) is 33.8 Å². The number of aromatic nitrogens is 4. The van der Waals surface area contributed by atoms with Crippen LogP contribution in [0, 0.1) is 0 Å². The molecule has 0 saturated carbocycles. The minimum absolute atomic E-state index is 0.713. The average molecular weight is 178 g/mol. The van der Waals surface area contributed by atoms with Gasteiger partial charge in [0.2, 0.25) is 0 Å². The van der Waals surface area contributed by atoms with Crippen molar-refractivity contribution in [2.75, 3.05) is 0 Å². The molecule has 4 nitrogen and oxygen atoms in total. The van der Waals surface area contributed by atoms with Crippen molar-refractivity contribution in [2.24, 2.45) is 0 Å². The lowest BCUT2D eigenvalue weighted by Gasteiger charge is -1.80. The Morgan fingerprint density at radius 2 is 2.00 bits per heavy atom. The van der Waals surface area contributed by atoms with E-state index in [9.17, 15) is 0 Å². The summed E-state index contributed by atoms with van der Waals surface area (Å²) in [5.41, 5.74) is 1.59. The van der Waals surface area contributed by atoms with Gasteiger partial charge in [-0.3, -0.25) is 0 Å². The SMILES string of the molecule is CCCC.c1ncc2[nH]cnc2n1. The highest BCUT2D eigenvalue weighted by Crippen LogP contribution is 1.99. The maximum Gasteiger partial charge on any atom is 0.180 e. The smallest absolute Gasteiger partial charge is 0.180 e. The van der Waals surface area contributed by atoms with Gasteiger partial charge in [0, 0.05) is 0 Å². The molecule has 0 atom stereocenters. The molecule has 2 rings (SSSR count). The molecule has 0 aliphatic heterocycles. The monoisotopic (exact) mass is 178 g/mol. The van der Waals surface area contributed by atoms with Gasteiger partial charge >= 0.3 is 0 Å². The summed E-state index contributed by atoms with van der Waals surface area (Å²) in [6.07, 6.45) is 7.40. The maximum atomic E-state index is 3.91. The predicted molar refractivity (Wildman–Crippen MR) is 52.3 cm³/mol. The zero-order valence-electron chi connectivity index (χ0n) is 7.99. The molecule has 1 N–H and O–H groups in total. The lowest BCUT2D eigenvalue weighted by Crippen LogP contribution is -1.76. The Labute approximate surface area is 77.4 Å². The fourth-order valence-electron chi connectivity index (χ4n) is 0.691. The maximum absolute atomic E-state index is 3.91. The minimum Gasteiger partial charge on any atom is -0.342 e. The predicted octanol–water partition coefficient (Wildman–Crippen LogP) is 2.16. The van der Waals surface area contributed by atoms with Crippen LogP contribution in [0.5, 0.6) is 0 Å². The topological polar surface area (TPSA) is 54.5 Å². The van der Waals surface area contributed by atoms with Crippen LogP contribution in [0.1, 0.15) is 26.7 Å². The van der Waals surface area contributed by atoms with E-state index in [-0.39, 0.29) is 0 Å². The highest BCUT2D eigenvalue weighted by Gasteiger charge is 1.91. The third-order valence-corrected chi connectivity index (χ3v) is 1.60. The third kappa shape index (κ3) is 2.82. The summed E-state index contributed by atoms with van der Waals surface area (Å²) >= 11 is 0. The molecule has 2 aromatic rings. The zero-order chi connectivity index (χ0) is 9.52. The fraction of sp³-hybridized carbons (Fsp3) is 0.444. The van der Waals surface area contributed by atoms with Crippen molar-refractivity contribution in [2.45, 2.75) is 26.7 Å². The van der Waals surface area contributed by atoms with Crippen LogP contribution in [-0.2, 0) is 0 Å². The Kier molecular flexibility index (Phi) is 3.88. The van der Waals surface area contributed by atoms with E-state index >= 15 is 0 Å². The van der Waals surface area contributed by atoms with Crippen LogP contribution in [-0.4, -0.2) is 19.9 Å². The number of aromatic amines is 1. The molecule has 0 fully saturated rings. The summed E-state index contributed by atoms with van der Waals surface area (Å²) in [7, 11) is 0. The summed E-state index contributed by atoms with van der Waals surface area (Å²) in [6.45, 7) is 4.36. The molecule has 0 unspecified atom stereocenters. The molecular formula is C9H14N4. The van der Waals surface area contributed by atoms with E-state index in [0.29, 0.717) is 5.65 Å². The van der Waals surface area contributed by atoms with E-state index in [1.54, 1.807) is 12.5 Å². The van der Waals surface area contributed by atoms with Gasteiger partial charge in [-0.2, -0.15) is 0 Å². The van der Waals surface area contributed by atoms with Crippen molar-refractivity contribution in [1.29, 1.82) is 0 Å². The van der Waals surface area contributed by atoms with Gasteiger partial charge in [0.05, 0.1) is 12.5 Å². The van der Waals surface area contributed by atoms with Gasteiger partial charge in [-0.25, -0.2) is 15.0 Å². The van der Waals surface area contributed by atoms with Crippen LogP contribution in [0.25, 0.3) is 11.2 Å². The Bertz CT molecular complexity index is 310. The van der Waals surface area contributed by atoms with Crippen molar-refractivity contribution in [1.82, 2.24) is 19.9 Å². The average Bonchev–Trinajstić information content (AvgIpc) is 2.66. The first-order chi connectivity index (χ1) is 6.38. The van der Waals surface area contributed by atoms with Crippen LogP contribution in [0.2, 0.25) is 0 Å². The Balaban J connectivity index is 0.000000184. The van der Waals surface area contributed by atoms with Crippen LogP contribution in [0.15, 0.2) is 18.9 Å². The van der Waals surface area contributed by atoms with Crippen LogP contribution < -0.4 is 0 Å². The van der Waals surface area contributed by atoms with Gasteiger partial charge in [-0.15, -0.1) is 0 Å². The summed E-state index contributed by atoms with van der Waals surface area (Å²) in [6, 6.07) is 0. The molecule has 0 aromatic carbocycles. The molecule has 0 spiro atoms. The number of fused-ring (bicyclic) bond motifs is 1. The molecule has 70 valence electrons. The number of nitrogens with zero attached hydrogens (tertiary/aromatic N) is 3. The molecule has 0 saturated heterocycles. The van der Waals surface area contributed by atoms with Gasteiger partial charge in [0.1, 0.15) is 11.8 Å². The first-order valence-corrected chi connectivity index (χ1v) is 4.47. The number of hydrogen-bond acceptors (Lipinski definition) is 3. The Morgan fingerprint density at radius 3 is 2.62 bits per heavy atom. The summed E-state index contributed by atoms with van der Waals surface area (Å²) in [5.74, 6) is 0. The second kappa shape index (κ2) is 5.24. The molecule has 0 aliphatic carbocycles. The molecule has 2 heterocycles. The lowest BCUT2D eigenvalue weighted by molar-refractivity contribution is 0.886. The number of nitrogens with one attached hydrogen (secondary N) is 1. The van der Waals surface area contributed by atoms with Gasteiger partial charge in [-0.05, 0) is 0 Å². The fourth-order valence-corrected chi connectivity index (χ4v) is 0.691. The van der Waals surface area contributed by atoms with Crippen LogP contribution in [0.3, 0.4) is 0 Å². The van der Waals surface area contributed by atoms with Crippen molar-refractivity contribution >= 4 is 11.2 Å². The van der Waals surface area contributed by atoms with Gasteiger partial charge in [0.25, 0.3) is 0 Å². The highest BCUT2D eigenvalue weighted by molar-refractivity contribution is 5.67. The number of rotatable bonds is 1. The van der Waals surface area contributed by atoms with Crippen molar-refractivity contribution in [3.05, 3.63) is 18.9 Å². The van der Waals surface area contributed by atoms with Crippen molar-refractivity contribution in [3.63, 3.8) is 0 Å². The van der Waals surface area contributed by atoms with Crippen LogP contribution in [0.4, 0.5) is 0 Å². The lowest BCUT2D eigenvalue weighted by atomic mass is 10.4. The molecule has 0 radical (unpaired) electrons. The molecule has 13 heavy (non-hydrogen) atoms. The summed E-state index contributed by atoms with van der Waals surface area (Å²) < 4.78 is 0. The quantitative estimate of drug-likeness (QED) is 0.728. The van der Waals surface area contributed by atoms with Crippen LogP contribution >= 0.6 is 0 Å². The molecular weight excluding hydrogens is 164 g/mol. The van der Waals surface area contributed by atoms with Gasteiger partial charge in [-0.1, -0.05) is 26.7 Å². The molecule has 4 heteroatoms. The number of unbranched alkanes of at least 4 members (excludes halogenated alkanes) is 1. The third-order valence-electron chi connectivity index (χ3n) is 1.60. The second-order valence-corrected chi connectivity index (χ2v) is 2.66. The summed E-state index contributed by atoms with van der Waals surface area (Å²) in [5, 5.41) is 0. The minimum atomic E-state index is 0.713. The second-order valence-electron chi connectivity index (χ2n) is 2.66. The van der Waals surface area contributed by atoms with E-state index in [1.807, 2.05) is 0 Å².